The number of alkyl halides is 1. The first-order valence-electron chi connectivity index (χ1n) is 6.16. The Kier molecular flexibility index (Phi) is 3.38. The molecule has 1 aliphatic rings. The second-order valence-electron chi connectivity index (χ2n) is 4.63. The van der Waals surface area contributed by atoms with Gasteiger partial charge in [-0.1, -0.05) is 6.92 Å². The molecule has 1 aromatic rings. The van der Waals surface area contributed by atoms with Crippen LogP contribution in [0, 0.1) is 5.92 Å². The van der Waals surface area contributed by atoms with Crippen LogP contribution in [-0.2, 0) is 12.2 Å². The summed E-state index contributed by atoms with van der Waals surface area (Å²) < 4.78 is 22.0. The lowest BCUT2D eigenvalue weighted by Gasteiger charge is -2.25. The summed E-state index contributed by atoms with van der Waals surface area (Å²) in [7, 11) is 1.54. The van der Waals surface area contributed by atoms with Crippen LogP contribution in [0.5, 0.6) is 5.75 Å². The molecule has 0 aliphatic heterocycles. The Morgan fingerprint density at radius 1 is 1.65 bits per heavy atom. The van der Waals surface area contributed by atoms with Gasteiger partial charge in [-0.05, 0) is 19.3 Å². The van der Waals surface area contributed by atoms with Crippen LogP contribution < -0.4 is 10.5 Å². The van der Waals surface area contributed by atoms with E-state index in [1.54, 1.807) is 18.0 Å². The third kappa shape index (κ3) is 2.04. The number of halogens is 1. The van der Waals surface area contributed by atoms with Gasteiger partial charge in [-0.2, -0.15) is 5.10 Å². The SMILES string of the molecule is CCCn1ncc(OC)c1C(F)(CN)C1CC1. The molecule has 2 N–H and O–H groups in total. The molecular weight excluding hydrogens is 221 g/mol. The number of aryl methyl sites for hydroxylation is 1. The average molecular weight is 241 g/mol. The van der Waals surface area contributed by atoms with E-state index in [0.717, 1.165) is 19.3 Å². The van der Waals surface area contributed by atoms with Gasteiger partial charge in [0, 0.05) is 19.0 Å². The highest BCUT2D eigenvalue weighted by atomic mass is 19.1. The van der Waals surface area contributed by atoms with Crippen molar-refractivity contribution in [2.75, 3.05) is 13.7 Å². The zero-order chi connectivity index (χ0) is 12.5. The number of methoxy groups -OCH3 is 1. The molecule has 1 aliphatic carbocycles. The molecule has 1 unspecified atom stereocenters. The van der Waals surface area contributed by atoms with E-state index in [4.69, 9.17) is 10.5 Å². The molecule has 17 heavy (non-hydrogen) atoms. The van der Waals surface area contributed by atoms with Gasteiger partial charge in [0.25, 0.3) is 0 Å². The summed E-state index contributed by atoms with van der Waals surface area (Å²) >= 11 is 0. The molecule has 0 radical (unpaired) electrons. The van der Waals surface area contributed by atoms with E-state index in [2.05, 4.69) is 5.10 Å². The standard InChI is InChI=1S/C12H20FN3O/c1-3-6-16-11(10(17-2)7-15-16)12(13,8-14)9-4-5-9/h7,9H,3-6,8,14H2,1-2H3. The van der Waals surface area contributed by atoms with Crippen LogP contribution in [0.3, 0.4) is 0 Å². The fourth-order valence-electron chi connectivity index (χ4n) is 2.32. The zero-order valence-electron chi connectivity index (χ0n) is 10.4. The zero-order valence-corrected chi connectivity index (χ0v) is 10.4. The summed E-state index contributed by atoms with van der Waals surface area (Å²) in [4.78, 5) is 0. The minimum absolute atomic E-state index is 0.0105. The topological polar surface area (TPSA) is 53.1 Å². The number of nitrogens with two attached hydrogens (primary N) is 1. The molecule has 1 fully saturated rings. The minimum Gasteiger partial charge on any atom is -0.493 e. The quantitative estimate of drug-likeness (QED) is 0.826. The molecule has 0 amide bonds. The van der Waals surface area contributed by atoms with Crippen LogP contribution >= 0.6 is 0 Å². The first-order chi connectivity index (χ1) is 8.17. The van der Waals surface area contributed by atoms with Crippen molar-refractivity contribution < 1.29 is 9.13 Å². The Bertz CT molecular complexity index is 389. The van der Waals surface area contributed by atoms with Crippen LogP contribution in [-0.4, -0.2) is 23.4 Å². The fraction of sp³-hybridized carbons (Fsp3) is 0.750. The van der Waals surface area contributed by atoms with Crippen LogP contribution in [0.1, 0.15) is 31.9 Å². The maximum absolute atomic E-state index is 15.0. The van der Waals surface area contributed by atoms with Crippen molar-refractivity contribution in [1.82, 2.24) is 9.78 Å². The number of hydrogen-bond acceptors (Lipinski definition) is 3. The van der Waals surface area contributed by atoms with E-state index in [1.165, 1.54) is 0 Å². The lowest BCUT2D eigenvalue weighted by molar-refractivity contribution is 0.124. The molecule has 0 spiro atoms. The molecular formula is C12H20FN3O. The fourth-order valence-corrected chi connectivity index (χ4v) is 2.32. The molecule has 5 heteroatoms. The largest absolute Gasteiger partial charge is 0.493 e. The van der Waals surface area contributed by atoms with E-state index in [1.807, 2.05) is 6.92 Å². The summed E-state index contributed by atoms with van der Waals surface area (Å²) in [6.07, 6.45) is 4.28. The second-order valence-corrected chi connectivity index (χ2v) is 4.63. The molecule has 1 atom stereocenters. The number of aromatic nitrogens is 2. The van der Waals surface area contributed by atoms with Crippen molar-refractivity contribution in [2.24, 2.45) is 11.7 Å². The smallest absolute Gasteiger partial charge is 0.170 e. The Balaban J connectivity index is 2.42. The van der Waals surface area contributed by atoms with Crippen LogP contribution in [0.4, 0.5) is 4.39 Å². The number of rotatable bonds is 6. The number of ether oxygens (including phenoxy) is 1. The number of hydrogen-bond donors (Lipinski definition) is 1. The average Bonchev–Trinajstić information content (AvgIpc) is 3.11. The Morgan fingerprint density at radius 2 is 2.35 bits per heavy atom. The third-order valence-electron chi connectivity index (χ3n) is 3.38. The number of nitrogens with zero attached hydrogens (tertiary/aromatic N) is 2. The lowest BCUT2D eigenvalue weighted by Crippen LogP contribution is -2.35. The van der Waals surface area contributed by atoms with E-state index in [9.17, 15) is 0 Å². The van der Waals surface area contributed by atoms with Crippen LogP contribution in [0.25, 0.3) is 0 Å². The van der Waals surface area contributed by atoms with Gasteiger partial charge in [-0.25, -0.2) is 4.39 Å². The molecule has 2 rings (SSSR count). The molecule has 1 heterocycles. The second kappa shape index (κ2) is 4.64. The van der Waals surface area contributed by atoms with Crippen molar-refractivity contribution in [3.05, 3.63) is 11.9 Å². The van der Waals surface area contributed by atoms with Gasteiger partial charge in [0.05, 0.1) is 13.3 Å². The normalized spacial score (nSPS) is 19.1. The summed E-state index contributed by atoms with van der Waals surface area (Å²) in [6, 6.07) is 0. The molecule has 0 aromatic carbocycles. The predicted molar refractivity (Wildman–Crippen MR) is 63.6 cm³/mol. The predicted octanol–water partition coefficient (Wildman–Crippen LogP) is 1.84. The molecule has 0 bridgehead atoms. The van der Waals surface area contributed by atoms with Gasteiger partial charge in [-0.15, -0.1) is 0 Å². The molecule has 4 nitrogen and oxygen atoms in total. The Hall–Kier alpha value is -1.10. The van der Waals surface area contributed by atoms with Gasteiger partial charge < -0.3 is 10.5 Å². The first-order valence-corrected chi connectivity index (χ1v) is 6.16. The highest BCUT2D eigenvalue weighted by Crippen LogP contribution is 2.50. The van der Waals surface area contributed by atoms with Gasteiger partial charge in [0.2, 0.25) is 0 Å². The van der Waals surface area contributed by atoms with E-state index in [0.29, 0.717) is 18.0 Å². The van der Waals surface area contributed by atoms with Crippen molar-refractivity contribution in [1.29, 1.82) is 0 Å². The molecule has 1 saturated carbocycles. The first kappa shape index (κ1) is 12.4. The van der Waals surface area contributed by atoms with Crippen molar-refractivity contribution >= 4 is 0 Å². The maximum atomic E-state index is 15.0. The van der Waals surface area contributed by atoms with Crippen molar-refractivity contribution in [3.8, 4) is 5.75 Å². The third-order valence-corrected chi connectivity index (χ3v) is 3.38. The maximum Gasteiger partial charge on any atom is 0.170 e. The highest BCUT2D eigenvalue weighted by Gasteiger charge is 2.50. The van der Waals surface area contributed by atoms with Gasteiger partial charge in [0.1, 0.15) is 5.69 Å². The van der Waals surface area contributed by atoms with E-state index in [-0.39, 0.29) is 12.5 Å². The summed E-state index contributed by atoms with van der Waals surface area (Å²) in [5, 5.41) is 4.20. The van der Waals surface area contributed by atoms with Gasteiger partial charge in [0.15, 0.2) is 11.4 Å². The van der Waals surface area contributed by atoms with Crippen molar-refractivity contribution in [3.63, 3.8) is 0 Å². The Labute approximate surface area is 101 Å². The molecule has 1 aromatic heterocycles. The lowest BCUT2D eigenvalue weighted by atomic mass is 9.95. The minimum atomic E-state index is -1.49. The van der Waals surface area contributed by atoms with E-state index < -0.39 is 5.67 Å². The monoisotopic (exact) mass is 241 g/mol. The van der Waals surface area contributed by atoms with Gasteiger partial charge in [-0.3, -0.25) is 4.68 Å². The van der Waals surface area contributed by atoms with E-state index >= 15 is 4.39 Å². The molecule has 0 saturated heterocycles. The van der Waals surface area contributed by atoms with Crippen molar-refractivity contribution in [2.45, 2.75) is 38.4 Å². The van der Waals surface area contributed by atoms with Gasteiger partial charge >= 0.3 is 0 Å². The summed E-state index contributed by atoms with van der Waals surface area (Å²) in [6.45, 7) is 2.72. The summed E-state index contributed by atoms with van der Waals surface area (Å²) in [5.41, 5.74) is 4.69. The highest BCUT2D eigenvalue weighted by molar-refractivity contribution is 5.33. The summed E-state index contributed by atoms with van der Waals surface area (Å²) in [5.74, 6) is 0.534. The van der Waals surface area contributed by atoms with Crippen LogP contribution in [0.2, 0.25) is 0 Å². The van der Waals surface area contributed by atoms with Crippen LogP contribution in [0.15, 0.2) is 6.20 Å². The Morgan fingerprint density at radius 3 is 2.82 bits per heavy atom. The molecule has 96 valence electrons.